The minimum absolute atomic E-state index is 0.0801. The molecule has 124 valence electrons. The van der Waals surface area contributed by atoms with E-state index < -0.39 is 23.8 Å². The Morgan fingerprint density at radius 3 is 2.55 bits per heavy atom. The van der Waals surface area contributed by atoms with Crippen LogP contribution in [0.3, 0.4) is 0 Å². The van der Waals surface area contributed by atoms with E-state index in [0.29, 0.717) is 30.4 Å². The van der Waals surface area contributed by atoms with Gasteiger partial charge in [0.1, 0.15) is 6.04 Å². The van der Waals surface area contributed by atoms with Crippen molar-refractivity contribution in [3.8, 4) is 0 Å². The van der Waals surface area contributed by atoms with Crippen LogP contribution >= 0.6 is 0 Å². The van der Waals surface area contributed by atoms with Gasteiger partial charge < -0.3 is 20.8 Å². The van der Waals surface area contributed by atoms with Gasteiger partial charge in [-0.05, 0) is 19.9 Å². The van der Waals surface area contributed by atoms with Crippen LogP contribution in [0.15, 0.2) is 4.99 Å². The smallest absolute Gasteiger partial charge is 0.349 e. The van der Waals surface area contributed by atoms with Crippen molar-refractivity contribution >= 4 is 23.7 Å². The van der Waals surface area contributed by atoms with Gasteiger partial charge in [0.05, 0.1) is 0 Å². The van der Waals surface area contributed by atoms with Gasteiger partial charge in [0.2, 0.25) is 0 Å². The van der Waals surface area contributed by atoms with Crippen LogP contribution in [0.1, 0.15) is 25.7 Å². The van der Waals surface area contributed by atoms with E-state index in [1.165, 1.54) is 0 Å². The van der Waals surface area contributed by atoms with Gasteiger partial charge in [-0.3, -0.25) is 14.6 Å². The lowest BCUT2D eigenvalue weighted by atomic mass is 10.1. The quantitative estimate of drug-likeness (QED) is 0.346. The van der Waals surface area contributed by atoms with Gasteiger partial charge in [-0.25, -0.2) is 4.79 Å². The monoisotopic (exact) mass is 313 g/mol. The molecule has 0 radical (unpaired) electrons. The summed E-state index contributed by atoms with van der Waals surface area (Å²) in [6.45, 7) is 0.621. The molecular weight excluding hydrogens is 290 g/mol. The van der Waals surface area contributed by atoms with Gasteiger partial charge in [0, 0.05) is 33.5 Å². The van der Waals surface area contributed by atoms with Crippen LogP contribution < -0.4 is 11.1 Å². The van der Waals surface area contributed by atoms with Crippen LogP contribution in [0.2, 0.25) is 0 Å². The summed E-state index contributed by atoms with van der Waals surface area (Å²) >= 11 is 0. The number of amides is 2. The van der Waals surface area contributed by atoms with Crippen LogP contribution in [-0.2, 0) is 19.2 Å². The molecule has 1 aliphatic heterocycles. The van der Waals surface area contributed by atoms with Crippen molar-refractivity contribution in [2.45, 2.75) is 31.7 Å². The first kappa shape index (κ1) is 17.9. The van der Waals surface area contributed by atoms with Crippen LogP contribution in [0, 0.1) is 0 Å². The number of rotatable bonds is 7. The molecule has 1 fully saturated rings. The third-order valence-electron chi connectivity index (χ3n) is 3.43. The summed E-state index contributed by atoms with van der Waals surface area (Å²) in [5.74, 6) is -1.21. The molecule has 3 N–H and O–H groups in total. The molecule has 22 heavy (non-hydrogen) atoms. The third-order valence-corrected chi connectivity index (χ3v) is 3.43. The number of nitrogens with zero attached hydrogens (tertiary/aromatic N) is 3. The average Bonchev–Trinajstić information content (AvgIpc) is 2.82. The molecule has 0 aromatic rings. The lowest BCUT2D eigenvalue weighted by Crippen LogP contribution is -2.42. The molecule has 2 amide bonds. The zero-order chi connectivity index (χ0) is 16.7. The minimum atomic E-state index is -0.647. The van der Waals surface area contributed by atoms with E-state index in [-0.39, 0.29) is 12.8 Å². The number of likely N-dealkylation sites (N-methyl/N-ethyl adjacent to an activating group) is 1. The van der Waals surface area contributed by atoms with Crippen molar-refractivity contribution < 1.29 is 19.2 Å². The van der Waals surface area contributed by atoms with Gasteiger partial charge in [-0.2, -0.15) is 0 Å². The molecular formula is C13H23N5O4. The van der Waals surface area contributed by atoms with E-state index in [4.69, 9.17) is 10.6 Å². The van der Waals surface area contributed by atoms with E-state index >= 15 is 0 Å². The highest BCUT2D eigenvalue weighted by atomic mass is 16.7. The number of hydroxylamine groups is 2. The Morgan fingerprint density at radius 1 is 1.45 bits per heavy atom. The van der Waals surface area contributed by atoms with E-state index in [2.05, 4.69) is 10.3 Å². The van der Waals surface area contributed by atoms with Crippen molar-refractivity contribution in [3.63, 3.8) is 0 Å². The minimum Gasteiger partial charge on any atom is -0.370 e. The first-order chi connectivity index (χ1) is 10.4. The Labute approximate surface area is 129 Å². The largest absolute Gasteiger partial charge is 0.370 e. The van der Waals surface area contributed by atoms with Crippen LogP contribution in [0.4, 0.5) is 0 Å². The predicted molar refractivity (Wildman–Crippen MR) is 79.4 cm³/mol. The summed E-state index contributed by atoms with van der Waals surface area (Å²) in [5.41, 5.74) is 5.65. The van der Waals surface area contributed by atoms with Crippen molar-refractivity contribution in [2.75, 3.05) is 27.7 Å². The van der Waals surface area contributed by atoms with Gasteiger partial charge in [0.15, 0.2) is 5.96 Å². The van der Waals surface area contributed by atoms with E-state index in [9.17, 15) is 14.4 Å². The molecule has 0 aliphatic carbocycles. The fourth-order valence-corrected chi connectivity index (χ4v) is 2.01. The Hall–Kier alpha value is -2.16. The molecule has 0 saturated carbocycles. The maximum Gasteiger partial charge on any atom is 0.349 e. The zero-order valence-corrected chi connectivity index (χ0v) is 13.2. The van der Waals surface area contributed by atoms with Crippen molar-refractivity contribution in [1.29, 1.82) is 0 Å². The summed E-state index contributed by atoms with van der Waals surface area (Å²) in [5, 5.41) is 3.37. The number of imide groups is 1. The molecule has 0 spiro atoms. The molecule has 1 rings (SSSR count). The molecule has 0 aromatic carbocycles. The average molecular weight is 313 g/mol. The molecule has 1 aliphatic rings. The van der Waals surface area contributed by atoms with Crippen molar-refractivity contribution in [1.82, 2.24) is 15.3 Å². The normalized spacial score (nSPS) is 16.9. The first-order valence-corrected chi connectivity index (χ1v) is 7.09. The number of carbonyl (C=O) groups excluding carboxylic acids is 3. The SMILES string of the molecule is CN=C(N)N(C)CCC[C@H](NC)C(=O)ON1C(=O)CCC1=O. The second-order valence-electron chi connectivity index (χ2n) is 4.98. The number of hydrogen-bond donors (Lipinski definition) is 2. The summed E-state index contributed by atoms with van der Waals surface area (Å²) < 4.78 is 0. The van der Waals surface area contributed by atoms with Gasteiger partial charge in [-0.15, -0.1) is 5.06 Å². The zero-order valence-electron chi connectivity index (χ0n) is 13.2. The van der Waals surface area contributed by atoms with Crippen molar-refractivity contribution in [2.24, 2.45) is 10.7 Å². The summed E-state index contributed by atoms with van der Waals surface area (Å²) in [6, 6.07) is -0.602. The molecule has 1 heterocycles. The number of guanidine groups is 1. The van der Waals surface area contributed by atoms with Gasteiger partial charge in [0.25, 0.3) is 11.8 Å². The van der Waals surface area contributed by atoms with E-state index in [0.717, 1.165) is 0 Å². The van der Waals surface area contributed by atoms with Crippen LogP contribution in [0.25, 0.3) is 0 Å². The predicted octanol–water partition coefficient (Wildman–Crippen LogP) is -1.16. The maximum absolute atomic E-state index is 12.0. The molecule has 1 atom stereocenters. The first-order valence-electron chi connectivity index (χ1n) is 7.09. The number of nitrogens with two attached hydrogens (primary N) is 1. The summed E-state index contributed by atoms with van der Waals surface area (Å²) in [7, 11) is 5.02. The summed E-state index contributed by atoms with van der Waals surface area (Å²) in [6.07, 6.45) is 1.30. The molecule has 1 saturated heterocycles. The third kappa shape index (κ3) is 4.69. The molecule has 9 nitrogen and oxygen atoms in total. The standard InChI is InChI=1S/C13H23N5O4/c1-15-9(5-4-8-17(3)13(14)16-2)12(21)22-18-10(19)6-7-11(18)20/h9,15H,4-8H2,1-3H3,(H2,14,16)/t9-/m0/s1. The molecule has 9 heteroatoms. The lowest BCUT2D eigenvalue weighted by Gasteiger charge is -2.21. The van der Waals surface area contributed by atoms with Gasteiger partial charge in [-0.1, -0.05) is 0 Å². The summed E-state index contributed by atoms with van der Waals surface area (Å²) in [4.78, 5) is 45.3. The Kier molecular flexibility index (Phi) is 6.77. The Morgan fingerprint density at radius 2 is 2.05 bits per heavy atom. The van der Waals surface area contributed by atoms with Crippen LogP contribution in [0.5, 0.6) is 0 Å². The van der Waals surface area contributed by atoms with E-state index in [1.807, 2.05) is 0 Å². The number of carbonyl (C=O) groups is 3. The van der Waals surface area contributed by atoms with Gasteiger partial charge >= 0.3 is 5.97 Å². The van der Waals surface area contributed by atoms with E-state index in [1.54, 1.807) is 26.0 Å². The fourth-order valence-electron chi connectivity index (χ4n) is 2.01. The number of aliphatic imine (C=N–C) groups is 1. The van der Waals surface area contributed by atoms with Crippen molar-refractivity contribution in [3.05, 3.63) is 0 Å². The fraction of sp³-hybridized carbons (Fsp3) is 0.692. The highest BCUT2D eigenvalue weighted by Gasteiger charge is 2.34. The highest BCUT2D eigenvalue weighted by molar-refractivity contribution is 6.01. The Bertz CT molecular complexity index is 449. The second-order valence-corrected chi connectivity index (χ2v) is 4.98. The molecule has 0 aromatic heterocycles. The number of nitrogens with one attached hydrogen (secondary N) is 1. The molecule has 0 bridgehead atoms. The highest BCUT2D eigenvalue weighted by Crippen LogP contribution is 2.13. The lowest BCUT2D eigenvalue weighted by molar-refractivity contribution is -0.199. The Balaban J connectivity index is 2.45. The molecule has 0 unspecified atom stereocenters. The number of hydrogen-bond acceptors (Lipinski definition) is 6. The second kappa shape index (κ2) is 8.32. The van der Waals surface area contributed by atoms with Crippen LogP contribution in [-0.4, -0.2) is 67.4 Å². The maximum atomic E-state index is 12.0. The topological polar surface area (TPSA) is 117 Å².